The van der Waals surface area contributed by atoms with E-state index in [1.807, 2.05) is 0 Å². The molecule has 1 aromatic heterocycles. The molecule has 3 aliphatic heterocycles. The lowest BCUT2D eigenvalue weighted by molar-refractivity contribution is -0.130. The van der Waals surface area contributed by atoms with Crippen LogP contribution in [0.4, 0.5) is 10.7 Å². The topological polar surface area (TPSA) is 148 Å². The van der Waals surface area contributed by atoms with Gasteiger partial charge in [-0.1, -0.05) is 18.2 Å². The van der Waals surface area contributed by atoms with Gasteiger partial charge in [0.05, 0.1) is 24.0 Å². The second-order valence-electron chi connectivity index (χ2n) is 9.84. The van der Waals surface area contributed by atoms with E-state index in [0.717, 1.165) is 28.2 Å². The summed E-state index contributed by atoms with van der Waals surface area (Å²) in [4.78, 5) is 68.5. The number of ether oxygens (including phenoxy) is 1. The molecule has 1 aromatic carbocycles. The Bertz CT molecular complexity index is 1390. The van der Waals surface area contributed by atoms with Crippen molar-refractivity contribution in [3.8, 4) is 0 Å². The summed E-state index contributed by atoms with van der Waals surface area (Å²) in [5, 5.41) is 6.40. The molecule has 4 heterocycles. The normalized spacial score (nSPS) is 27.4. The maximum atomic E-state index is 14.2. The van der Waals surface area contributed by atoms with E-state index in [1.165, 1.54) is 11.3 Å². The Morgan fingerprint density at radius 2 is 1.97 bits per heavy atom. The molecular formula is C26H26N4O6S. The molecular weight excluding hydrogens is 496 g/mol. The van der Waals surface area contributed by atoms with Gasteiger partial charge in [0.1, 0.15) is 10.5 Å². The van der Waals surface area contributed by atoms with Crippen LogP contribution in [0.1, 0.15) is 52.5 Å². The standard InChI is InChI=1S/C26H26N4O6S/c1-2-36-24(34)18-12-6-5-9-16(12)37-23(18)30-21(32)19-15(10-11-17(27)31)29-26(20(19)22(30)33)13-7-3-4-8-14(13)28-25(26)35/h3-4,7-8,15,19-20,29H,2,5-6,9-11H2,1H3,(H2,27,31)(H,28,35)/t15-,19+,20-,26+/m0/s1. The van der Waals surface area contributed by atoms with Crippen molar-refractivity contribution in [3.63, 3.8) is 0 Å². The molecule has 6 rings (SSSR count). The summed E-state index contributed by atoms with van der Waals surface area (Å²) in [7, 11) is 0. The largest absolute Gasteiger partial charge is 0.462 e. The number of amides is 4. The molecule has 1 spiro atoms. The molecule has 10 nitrogen and oxygen atoms in total. The van der Waals surface area contributed by atoms with Crippen LogP contribution in [0, 0.1) is 11.8 Å². The van der Waals surface area contributed by atoms with E-state index in [-0.39, 0.29) is 30.0 Å². The first-order chi connectivity index (χ1) is 17.8. The Labute approximate surface area is 216 Å². The molecule has 4 atom stereocenters. The fourth-order valence-electron chi connectivity index (χ4n) is 6.47. The molecule has 192 valence electrons. The maximum absolute atomic E-state index is 14.2. The molecule has 0 saturated carbocycles. The highest BCUT2D eigenvalue weighted by Crippen LogP contribution is 2.55. The van der Waals surface area contributed by atoms with Crippen molar-refractivity contribution in [1.29, 1.82) is 0 Å². The molecule has 4 aliphatic rings. The summed E-state index contributed by atoms with van der Waals surface area (Å²) < 4.78 is 5.31. The number of carbonyl (C=O) groups excluding carboxylic acids is 5. The minimum atomic E-state index is -1.48. The molecule has 11 heteroatoms. The average molecular weight is 523 g/mol. The van der Waals surface area contributed by atoms with E-state index in [9.17, 15) is 24.0 Å². The van der Waals surface area contributed by atoms with Crippen LogP contribution in [0.3, 0.4) is 0 Å². The highest BCUT2D eigenvalue weighted by atomic mass is 32.1. The number of thiophene rings is 1. The Kier molecular flexibility index (Phi) is 5.46. The van der Waals surface area contributed by atoms with E-state index in [1.54, 1.807) is 31.2 Å². The van der Waals surface area contributed by atoms with Crippen molar-refractivity contribution in [2.24, 2.45) is 17.6 Å². The summed E-state index contributed by atoms with van der Waals surface area (Å²) in [6, 6.07) is 6.42. The van der Waals surface area contributed by atoms with E-state index >= 15 is 0 Å². The molecule has 2 saturated heterocycles. The molecule has 2 aromatic rings. The fourth-order valence-corrected chi connectivity index (χ4v) is 7.85. The summed E-state index contributed by atoms with van der Waals surface area (Å²) in [5.41, 5.74) is 6.17. The van der Waals surface area contributed by atoms with E-state index < -0.39 is 53.0 Å². The Morgan fingerprint density at radius 3 is 2.73 bits per heavy atom. The highest BCUT2D eigenvalue weighted by Gasteiger charge is 2.70. The summed E-state index contributed by atoms with van der Waals surface area (Å²) in [6.45, 7) is 1.87. The number of nitrogens with zero attached hydrogens (tertiary/aromatic N) is 1. The van der Waals surface area contributed by atoms with Crippen molar-refractivity contribution >= 4 is 51.6 Å². The molecule has 0 radical (unpaired) electrons. The van der Waals surface area contributed by atoms with Crippen molar-refractivity contribution in [2.45, 2.75) is 50.6 Å². The van der Waals surface area contributed by atoms with Gasteiger partial charge in [0.25, 0.3) is 0 Å². The maximum Gasteiger partial charge on any atom is 0.341 e. The van der Waals surface area contributed by atoms with Gasteiger partial charge in [0, 0.05) is 28.6 Å². The average Bonchev–Trinajstić information content (AvgIpc) is 3.63. The van der Waals surface area contributed by atoms with Gasteiger partial charge in [0.15, 0.2) is 0 Å². The first kappa shape index (κ1) is 23.8. The number of carbonyl (C=O) groups is 5. The number of benzene rings is 1. The second-order valence-corrected chi connectivity index (χ2v) is 10.9. The highest BCUT2D eigenvalue weighted by molar-refractivity contribution is 7.17. The summed E-state index contributed by atoms with van der Waals surface area (Å²) in [5.74, 6) is -4.50. The molecule has 2 fully saturated rings. The minimum absolute atomic E-state index is 0.0108. The molecule has 4 amide bonds. The van der Waals surface area contributed by atoms with Crippen LogP contribution in [0.2, 0.25) is 0 Å². The fraction of sp³-hybridized carbons (Fsp3) is 0.423. The molecule has 4 N–H and O–H groups in total. The van der Waals surface area contributed by atoms with Gasteiger partial charge in [-0.3, -0.25) is 24.5 Å². The van der Waals surface area contributed by atoms with Gasteiger partial charge >= 0.3 is 5.97 Å². The van der Waals surface area contributed by atoms with E-state index in [4.69, 9.17) is 10.5 Å². The van der Waals surface area contributed by atoms with Crippen LogP contribution in [-0.4, -0.2) is 42.2 Å². The third-order valence-electron chi connectivity index (χ3n) is 7.91. The number of esters is 1. The monoisotopic (exact) mass is 522 g/mol. The predicted molar refractivity (Wildman–Crippen MR) is 134 cm³/mol. The zero-order valence-corrected chi connectivity index (χ0v) is 21.0. The van der Waals surface area contributed by atoms with Gasteiger partial charge in [-0.05, 0) is 44.2 Å². The van der Waals surface area contributed by atoms with Crippen molar-refractivity contribution < 1.29 is 28.7 Å². The number of para-hydroxylation sites is 1. The van der Waals surface area contributed by atoms with E-state index in [2.05, 4.69) is 10.6 Å². The van der Waals surface area contributed by atoms with Crippen molar-refractivity contribution in [3.05, 3.63) is 45.8 Å². The van der Waals surface area contributed by atoms with Gasteiger partial charge in [-0.2, -0.15) is 0 Å². The minimum Gasteiger partial charge on any atom is -0.462 e. The number of nitrogens with one attached hydrogen (secondary N) is 2. The first-order valence-electron chi connectivity index (χ1n) is 12.5. The van der Waals surface area contributed by atoms with Crippen LogP contribution in [0.15, 0.2) is 24.3 Å². The van der Waals surface area contributed by atoms with Crippen LogP contribution in [0.5, 0.6) is 0 Å². The predicted octanol–water partition coefficient (Wildman–Crippen LogP) is 1.60. The first-order valence-corrected chi connectivity index (χ1v) is 13.3. The lowest BCUT2D eigenvalue weighted by Gasteiger charge is -2.29. The molecule has 0 bridgehead atoms. The number of primary amides is 1. The third-order valence-corrected chi connectivity index (χ3v) is 9.19. The quantitative estimate of drug-likeness (QED) is 0.386. The molecule has 37 heavy (non-hydrogen) atoms. The van der Waals surface area contributed by atoms with Crippen molar-refractivity contribution in [1.82, 2.24) is 5.32 Å². The third kappa shape index (κ3) is 3.23. The summed E-state index contributed by atoms with van der Waals surface area (Å²) >= 11 is 1.27. The zero-order valence-electron chi connectivity index (χ0n) is 20.2. The Balaban J connectivity index is 1.49. The van der Waals surface area contributed by atoms with E-state index in [0.29, 0.717) is 17.7 Å². The smallest absolute Gasteiger partial charge is 0.341 e. The number of aryl methyl sites for hydroxylation is 1. The van der Waals surface area contributed by atoms with Gasteiger partial charge < -0.3 is 15.8 Å². The SMILES string of the molecule is CCOC(=O)c1c(N2C(=O)[C@@H]3[C@H](CCC(N)=O)N[C@@]4(C(=O)Nc5ccccc54)[C@@H]3C2=O)sc2c1CCC2. The number of anilines is 2. The van der Waals surface area contributed by atoms with Gasteiger partial charge in [-0.25, -0.2) is 9.69 Å². The number of nitrogens with two attached hydrogens (primary N) is 1. The lowest BCUT2D eigenvalue weighted by Crippen LogP contribution is -2.53. The number of imide groups is 1. The molecule has 0 unspecified atom stereocenters. The summed E-state index contributed by atoms with van der Waals surface area (Å²) in [6.07, 6.45) is 2.50. The van der Waals surface area contributed by atoms with Crippen LogP contribution >= 0.6 is 11.3 Å². The van der Waals surface area contributed by atoms with Gasteiger partial charge in [-0.15, -0.1) is 11.3 Å². The Morgan fingerprint density at radius 1 is 1.19 bits per heavy atom. The molecule has 1 aliphatic carbocycles. The lowest BCUT2D eigenvalue weighted by atomic mass is 9.76. The van der Waals surface area contributed by atoms with Crippen LogP contribution in [0.25, 0.3) is 0 Å². The zero-order chi connectivity index (χ0) is 26.1. The number of hydrogen-bond acceptors (Lipinski definition) is 8. The number of hydrogen-bond donors (Lipinski definition) is 3. The van der Waals surface area contributed by atoms with Crippen LogP contribution < -0.4 is 21.3 Å². The van der Waals surface area contributed by atoms with Gasteiger partial charge in [0.2, 0.25) is 23.6 Å². The number of rotatable bonds is 6. The van der Waals surface area contributed by atoms with Crippen LogP contribution in [-0.2, 0) is 42.3 Å². The van der Waals surface area contributed by atoms with Crippen molar-refractivity contribution in [2.75, 3.05) is 16.8 Å². The Hall–Kier alpha value is -3.57. The second kappa shape index (κ2) is 8.49. The number of fused-ring (bicyclic) bond motifs is 5.